The normalized spacial score (nSPS) is 13.9. The number of carbonyl (C=O) groups excluding carboxylic acids is 2. The van der Waals surface area contributed by atoms with Gasteiger partial charge < -0.3 is 20.1 Å². The Hall–Kier alpha value is -1.51. The van der Waals surface area contributed by atoms with Gasteiger partial charge in [0.1, 0.15) is 6.61 Å². The first-order valence-corrected chi connectivity index (χ1v) is 17.8. The van der Waals surface area contributed by atoms with Gasteiger partial charge in [-0.15, -0.1) is 0 Å². The molecule has 0 radical (unpaired) electrons. The molecule has 0 heterocycles. The molecular weight excluding hydrogens is 557 g/mol. The van der Waals surface area contributed by atoms with Gasteiger partial charge in [0.15, 0.2) is 6.10 Å². The Morgan fingerprint density at radius 2 is 1.24 bits per heavy atom. The van der Waals surface area contributed by atoms with Crippen LogP contribution in [0.15, 0.2) is 24.3 Å². The van der Waals surface area contributed by atoms with Crippen molar-refractivity contribution in [1.82, 2.24) is 0 Å². The fourth-order valence-corrected chi connectivity index (χ4v) is 4.90. The Labute approximate surface area is 255 Å². The van der Waals surface area contributed by atoms with Gasteiger partial charge in [-0.1, -0.05) is 102 Å². The van der Waals surface area contributed by atoms with Crippen LogP contribution in [0.5, 0.6) is 0 Å². The van der Waals surface area contributed by atoms with E-state index in [1.54, 1.807) is 0 Å². The average Bonchev–Trinajstić information content (AvgIpc) is 2.97. The van der Waals surface area contributed by atoms with Crippen molar-refractivity contribution in [2.24, 2.45) is 5.73 Å². The standard InChI is InChI=1S/C32H60NO8P/c1-3-5-7-9-10-11-12-13-14-15-16-17-18-19-20-21-23-25-32(35)41-30(29-40-42(36,37)39-27-26-33)28-38-31(34)24-22-8-6-4-2/h10-11,13-14,30H,3-9,12,15-29,33H2,1-2H3,(H,36,37)/b11-10-,14-13-. The summed E-state index contributed by atoms with van der Waals surface area (Å²) in [5.41, 5.74) is 5.29. The van der Waals surface area contributed by atoms with Crippen LogP contribution < -0.4 is 5.73 Å². The Balaban J connectivity index is 4.15. The monoisotopic (exact) mass is 617 g/mol. The highest BCUT2D eigenvalue weighted by molar-refractivity contribution is 7.47. The molecular formula is C32H60NO8P. The van der Waals surface area contributed by atoms with Crippen LogP contribution in [0, 0.1) is 0 Å². The quantitative estimate of drug-likeness (QED) is 0.0355. The summed E-state index contributed by atoms with van der Waals surface area (Å²) in [6, 6.07) is 0. The van der Waals surface area contributed by atoms with Crippen LogP contribution in [-0.4, -0.2) is 49.3 Å². The largest absolute Gasteiger partial charge is 0.472 e. The highest BCUT2D eigenvalue weighted by Gasteiger charge is 2.25. The van der Waals surface area contributed by atoms with E-state index < -0.39 is 32.5 Å². The molecule has 0 aliphatic rings. The van der Waals surface area contributed by atoms with Gasteiger partial charge in [0, 0.05) is 19.4 Å². The first kappa shape index (κ1) is 40.5. The molecule has 10 heteroatoms. The summed E-state index contributed by atoms with van der Waals surface area (Å²) in [7, 11) is -4.35. The van der Waals surface area contributed by atoms with Crippen LogP contribution in [0.2, 0.25) is 0 Å². The number of phosphoric acid groups is 1. The third kappa shape index (κ3) is 28.6. The highest BCUT2D eigenvalue weighted by atomic mass is 31.2. The second kappa shape index (κ2) is 29.6. The Kier molecular flexibility index (Phi) is 28.5. The average molecular weight is 618 g/mol. The molecule has 0 aliphatic heterocycles. The molecule has 0 rings (SSSR count). The van der Waals surface area contributed by atoms with Gasteiger partial charge in [0.25, 0.3) is 0 Å². The SMILES string of the molecule is CCCCC/C=C\C/C=C\CCCCCCCCCC(=O)OC(COC(=O)CCCCCC)COP(=O)(O)OCCN. The number of carbonyl (C=O) groups is 2. The van der Waals surface area contributed by atoms with Crippen molar-refractivity contribution >= 4 is 19.8 Å². The number of esters is 2. The molecule has 3 N–H and O–H groups in total. The summed E-state index contributed by atoms with van der Waals surface area (Å²) in [6.07, 6.45) is 27.0. The van der Waals surface area contributed by atoms with Crippen LogP contribution in [-0.2, 0) is 32.7 Å². The fourth-order valence-electron chi connectivity index (χ4n) is 4.13. The van der Waals surface area contributed by atoms with Crippen LogP contribution in [0.3, 0.4) is 0 Å². The van der Waals surface area contributed by atoms with Gasteiger partial charge in [0.05, 0.1) is 13.2 Å². The van der Waals surface area contributed by atoms with E-state index in [1.807, 2.05) is 0 Å². The van der Waals surface area contributed by atoms with Crippen LogP contribution >= 0.6 is 7.82 Å². The molecule has 0 saturated heterocycles. The molecule has 0 fully saturated rings. The predicted molar refractivity (Wildman–Crippen MR) is 169 cm³/mol. The summed E-state index contributed by atoms with van der Waals surface area (Å²) in [6.45, 7) is 3.53. The van der Waals surface area contributed by atoms with Gasteiger partial charge in [-0.05, 0) is 44.9 Å². The zero-order valence-corrected chi connectivity index (χ0v) is 27.4. The van der Waals surface area contributed by atoms with E-state index in [-0.39, 0.29) is 32.6 Å². The molecule has 0 aromatic rings. The predicted octanol–water partition coefficient (Wildman–Crippen LogP) is 8.10. The van der Waals surface area contributed by atoms with E-state index in [1.165, 1.54) is 44.9 Å². The van der Waals surface area contributed by atoms with Crippen molar-refractivity contribution < 1.29 is 37.6 Å². The van der Waals surface area contributed by atoms with Gasteiger partial charge in [-0.2, -0.15) is 0 Å². The zero-order chi connectivity index (χ0) is 31.2. The number of allylic oxidation sites excluding steroid dienone is 4. The van der Waals surface area contributed by atoms with E-state index in [0.29, 0.717) is 6.42 Å². The van der Waals surface area contributed by atoms with E-state index in [0.717, 1.165) is 57.8 Å². The van der Waals surface area contributed by atoms with Crippen molar-refractivity contribution in [3.63, 3.8) is 0 Å². The lowest BCUT2D eigenvalue weighted by Gasteiger charge is -2.19. The smallest absolute Gasteiger partial charge is 0.462 e. The van der Waals surface area contributed by atoms with Crippen molar-refractivity contribution in [2.45, 2.75) is 142 Å². The molecule has 2 unspecified atom stereocenters. The number of hydrogen-bond acceptors (Lipinski definition) is 8. The van der Waals surface area contributed by atoms with Crippen LogP contribution in [0.1, 0.15) is 136 Å². The molecule has 0 aromatic heterocycles. The molecule has 0 amide bonds. The first-order chi connectivity index (χ1) is 20.3. The van der Waals surface area contributed by atoms with Gasteiger partial charge in [-0.25, -0.2) is 4.57 Å². The lowest BCUT2D eigenvalue weighted by Crippen LogP contribution is -2.29. The van der Waals surface area contributed by atoms with Crippen molar-refractivity contribution in [3.8, 4) is 0 Å². The molecule has 246 valence electrons. The summed E-state index contributed by atoms with van der Waals surface area (Å²) in [5, 5.41) is 0. The van der Waals surface area contributed by atoms with Crippen molar-refractivity contribution in [1.29, 1.82) is 0 Å². The maximum atomic E-state index is 12.4. The van der Waals surface area contributed by atoms with E-state index in [2.05, 4.69) is 38.2 Å². The summed E-state index contributed by atoms with van der Waals surface area (Å²) in [4.78, 5) is 34.2. The number of nitrogens with two attached hydrogens (primary N) is 1. The van der Waals surface area contributed by atoms with Crippen LogP contribution in [0.4, 0.5) is 0 Å². The second-order valence-electron chi connectivity index (χ2n) is 10.7. The van der Waals surface area contributed by atoms with Crippen LogP contribution in [0.25, 0.3) is 0 Å². The minimum Gasteiger partial charge on any atom is -0.462 e. The number of phosphoric ester groups is 1. The molecule has 0 aromatic carbocycles. The van der Waals surface area contributed by atoms with E-state index in [9.17, 15) is 19.0 Å². The maximum Gasteiger partial charge on any atom is 0.472 e. The molecule has 2 atom stereocenters. The maximum absolute atomic E-state index is 12.4. The minimum atomic E-state index is -4.35. The van der Waals surface area contributed by atoms with Gasteiger partial charge >= 0.3 is 19.8 Å². The highest BCUT2D eigenvalue weighted by Crippen LogP contribution is 2.43. The number of hydrogen-bond donors (Lipinski definition) is 2. The van der Waals surface area contributed by atoms with E-state index in [4.69, 9.17) is 24.3 Å². The summed E-state index contributed by atoms with van der Waals surface area (Å²) in [5.74, 6) is -0.860. The molecule has 0 spiro atoms. The number of unbranched alkanes of at least 4 members (excludes halogenated alkanes) is 13. The Bertz CT molecular complexity index is 759. The summed E-state index contributed by atoms with van der Waals surface area (Å²) < 4.78 is 32.2. The number of rotatable bonds is 30. The Morgan fingerprint density at radius 1 is 0.714 bits per heavy atom. The zero-order valence-electron chi connectivity index (χ0n) is 26.5. The molecule has 9 nitrogen and oxygen atoms in total. The lowest BCUT2D eigenvalue weighted by atomic mass is 10.1. The second-order valence-corrected chi connectivity index (χ2v) is 12.1. The number of ether oxygens (including phenoxy) is 2. The molecule has 0 saturated carbocycles. The molecule has 0 aliphatic carbocycles. The topological polar surface area (TPSA) is 134 Å². The third-order valence-corrected chi connectivity index (χ3v) is 7.57. The molecule has 0 bridgehead atoms. The summed E-state index contributed by atoms with van der Waals surface area (Å²) >= 11 is 0. The van der Waals surface area contributed by atoms with Crippen molar-refractivity contribution in [2.75, 3.05) is 26.4 Å². The van der Waals surface area contributed by atoms with Gasteiger partial charge in [0.2, 0.25) is 0 Å². The van der Waals surface area contributed by atoms with Crippen molar-refractivity contribution in [3.05, 3.63) is 24.3 Å². The van der Waals surface area contributed by atoms with E-state index >= 15 is 0 Å². The minimum absolute atomic E-state index is 0.0523. The lowest BCUT2D eigenvalue weighted by molar-refractivity contribution is -0.161. The van der Waals surface area contributed by atoms with Gasteiger partial charge in [-0.3, -0.25) is 18.6 Å². The molecule has 42 heavy (non-hydrogen) atoms. The third-order valence-electron chi connectivity index (χ3n) is 6.59. The fraction of sp³-hybridized carbons (Fsp3) is 0.812. The Morgan fingerprint density at radius 3 is 1.86 bits per heavy atom. The first-order valence-electron chi connectivity index (χ1n) is 16.3.